The van der Waals surface area contributed by atoms with Crippen LogP contribution in [0.4, 0.5) is 0 Å². The van der Waals surface area contributed by atoms with Gasteiger partial charge >= 0.3 is 212 Å². The van der Waals surface area contributed by atoms with Crippen molar-refractivity contribution in [3.05, 3.63) is 126 Å². The van der Waals surface area contributed by atoms with Crippen molar-refractivity contribution in [3.63, 3.8) is 0 Å². The first-order valence-corrected chi connectivity index (χ1v) is 15.2. The van der Waals surface area contributed by atoms with Gasteiger partial charge in [-0.1, -0.05) is 12.1 Å². The van der Waals surface area contributed by atoms with Gasteiger partial charge in [-0.3, -0.25) is 0 Å². The molecule has 0 N–H and O–H groups in total. The van der Waals surface area contributed by atoms with Gasteiger partial charge in [0.15, 0.2) is 0 Å². The fourth-order valence-electron chi connectivity index (χ4n) is 5.25. The SMILES string of the molecule is O=C1c2ccccc2C(=O)N1CCOCCOCC[PH](c1ccccc1)(c1ccccc1)c1ccccc1. The Morgan fingerprint density at radius 2 is 0.895 bits per heavy atom. The molecule has 0 atom stereocenters. The van der Waals surface area contributed by atoms with E-state index in [4.69, 9.17) is 9.47 Å². The molecule has 0 radical (unpaired) electrons. The second-order valence-electron chi connectivity index (χ2n) is 9.29. The second-order valence-corrected chi connectivity index (χ2v) is 13.3. The molecule has 5 rings (SSSR count). The summed E-state index contributed by atoms with van der Waals surface area (Å²) in [5.41, 5.74) is 0.924. The molecular weight excluding hydrogens is 493 g/mol. The van der Waals surface area contributed by atoms with E-state index in [1.807, 2.05) is 0 Å². The van der Waals surface area contributed by atoms with Crippen LogP contribution in [0.25, 0.3) is 0 Å². The fraction of sp³-hybridized carbons (Fsp3) is 0.188. The van der Waals surface area contributed by atoms with Crippen LogP contribution in [0.5, 0.6) is 0 Å². The predicted octanol–water partition coefficient (Wildman–Crippen LogP) is 4.04. The van der Waals surface area contributed by atoms with E-state index < -0.39 is 7.26 Å². The Balaban J connectivity index is 1.18. The number of fused-ring (bicyclic) bond motifs is 1. The van der Waals surface area contributed by atoms with Crippen molar-refractivity contribution >= 4 is 35.0 Å². The van der Waals surface area contributed by atoms with Crippen molar-refractivity contribution < 1.29 is 19.1 Å². The third-order valence-electron chi connectivity index (χ3n) is 7.13. The van der Waals surface area contributed by atoms with Gasteiger partial charge in [-0.25, -0.2) is 0 Å². The molecule has 6 heteroatoms. The van der Waals surface area contributed by atoms with E-state index >= 15 is 0 Å². The van der Waals surface area contributed by atoms with Crippen molar-refractivity contribution in [2.75, 3.05) is 39.1 Å². The monoisotopic (exact) mass is 525 g/mol. The predicted molar refractivity (Wildman–Crippen MR) is 155 cm³/mol. The van der Waals surface area contributed by atoms with Crippen LogP contribution in [0.15, 0.2) is 115 Å². The first-order valence-electron chi connectivity index (χ1n) is 13.0. The molecule has 5 nitrogen and oxygen atoms in total. The number of carbonyl (C=O) groups excluding carboxylic acids is 2. The van der Waals surface area contributed by atoms with Crippen LogP contribution in [0.2, 0.25) is 0 Å². The van der Waals surface area contributed by atoms with E-state index in [-0.39, 0.29) is 25.0 Å². The number of amides is 2. The van der Waals surface area contributed by atoms with Crippen molar-refractivity contribution in [2.24, 2.45) is 0 Å². The van der Waals surface area contributed by atoms with Crippen LogP contribution in [-0.4, -0.2) is 55.8 Å². The molecule has 1 aliphatic heterocycles. The molecule has 0 aliphatic carbocycles. The van der Waals surface area contributed by atoms with Gasteiger partial charge in [0.2, 0.25) is 0 Å². The zero-order valence-electron chi connectivity index (χ0n) is 21.3. The number of rotatable bonds is 12. The number of imide groups is 1. The fourth-order valence-corrected chi connectivity index (χ4v) is 9.85. The molecule has 194 valence electrons. The number of carbonyl (C=O) groups is 2. The van der Waals surface area contributed by atoms with Gasteiger partial charge in [-0.2, -0.15) is 0 Å². The molecule has 0 fully saturated rings. The van der Waals surface area contributed by atoms with E-state index in [1.54, 1.807) is 24.3 Å². The summed E-state index contributed by atoms with van der Waals surface area (Å²) in [5, 5.41) is 4.08. The summed E-state index contributed by atoms with van der Waals surface area (Å²) in [6.45, 7) is 1.97. The number of hydrogen-bond donors (Lipinski definition) is 0. The van der Waals surface area contributed by atoms with E-state index in [2.05, 4.69) is 91.0 Å². The summed E-state index contributed by atoms with van der Waals surface area (Å²) < 4.78 is 11.8. The first kappa shape index (κ1) is 26.0. The van der Waals surface area contributed by atoms with E-state index in [1.165, 1.54) is 20.8 Å². The summed E-state index contributed by atoms with van der Waals surface area (Å²) in [6.07, 6.45) is 0.903. The van der Waals surface area contributed by atoms with Crippen LogP contribution in [0, 0.1) is 0 Å². The zero-order chi connectivity index (χ0) is 26.2. The molecule has 0 spiro atoms. The van der Waals surface area contributed by atoms with E-state index in [0.29, 0.717) is 30.9 Å². The average molecular weight is 526 g/mol. The average Bonchev–Trinajstić information content (AvgIpc) is 3.23. The molecule has 2 amide bonds. The Morgan fingerprint density at radius 1 is 0.500 bits per heavy atom. The van der Waals surface area contributed by atoms with Gasteiger partial charge in [0, 0.05) is 0 Å². The normalized spacial score (nSPS) is 13.5. The van der Waals surface area contributed by atoms with Crippen molar-refractivity contribution in [1.29, 1.82) is 0 Å². The van der Waals surface area contributed by atoms with E-state index in [0.717, 1.165) is 6.16 Å². The van der Waals surface area contributed by atoms with Gasteiger partial charge in [0.05, 0.1) is 0 Å². The molecule has 1 heterocycles. The van der Waals surface area contributed by atoms with Gasteiger partial charge in [0.25, 0.3) is 0 Å². The van der Waals surface area contributed by atoms with Crippen LogP contribution in [-0.2, 0) is 9.47 Å². The molecule has 1 aliphatic rings. The quantitative estimate of drug-likeness (QED) is 0.159. The zero-order valence-corrected chi connectivity index (χ0v) is 22.3. The summed E-state index contributed by atoms with van der Waals surface area (Å²) in [4.78, 5) is 26.2. The van der Waals surface area contributed by atoms with Crippen LogP contribution >= 0.6 is 7.26 Å². The van der Waals surface area contributed by atoms with E-state index in [9.17, 15) is 9.59 Å². The number of benzene rings is 4. The van der Waals surface area contributed by atoms with Gasteiger partial charge in [-0.05, 0) is 0 Å². The standard InChI is InChI=1S/C32H32NO4P/c34-31-29-18-10-11-19-30(29)32(35)33(31)20-21-36-22-23-37-24-25-38(26-12-4-1-5-13-26,27-14-6-2-7-15-27)28-16-8-3-9-17-28/h1-19,38H,20-25H2. The summed E-state index contributed by atoms with van der Waals surface area (Å²) >= 11 is 0. The molecule has 4 aromatic rings. The molecule has 4 aromatic carbocycles. The van der Waals surface area contributed by atoms with Gasteiger partial charge in [0.1, 0.15) is 0 Å². The van der Waals surface area contributed by atoms with Crippen molar-refractivity contribution in [2.45, 2.75) is 0 Å². The summed E-state index contributed by atoms with van der Waals surface area (Å²) in [6, 6.07) is 39.3. The van der Waals surface area contributed by atoms with Crippen LogP contribution < -0.4 is 15.9 Å². The Kier molecular flexibility index (Phi) is 8.40. The first-order chi connectivity index (χ1) is 18.7. The Labute approximate surface area is 224 Å². The maximum atomic E-state index is 12.5. The Morgan fingerprint density at radius 3 is 1.34 bits per heavy atom. The van der Waals surface area contributed by atoms with Crippen LogP contribution in [0.1, 0.15) is 20.7 Å². The minimum atomic E-state index is -2.31. The summed E-state index contributed by atoms with van der Waals surface area (Å²) in [5.74, 6) is -0.510. The molecule has 0 saturated carbocycles. The third kappa shape index (κ3) is 5.32. The van der Waals surface area contributed by atoms with Crippen molar-refractivity contribution in [3.8, 4) is 0 Å². The Bertz CT molecular complexity index is 1230. The number of ether oxygens (including phenoxy) is 2. The van der Waals surface area contributed by atoms with Gasteiger partial charge < -0.3 is 0 Å². The second kappa shape index (κ2) is 12.3. The number of hydrogen-bond acceptors (Lipinski definition) is 4. The molecule has 0 bridgehead atoms. The molecule has 0 aromatic heterocycles. The molecular formula is C32H32NO4P. The topological polar surface area (TPSA) is 55.8 Å². The molecule has 0 unspecified atom stereocenters. The summed E-state index contributed by atoms with van der Waals surface area (Å²) in [7, 11) is -2.31. The minimum absolute atomic E-state index is 0.235. The molecule has 0 saturated heterocycles. The number of nitrogens with zero attached hydrogens (tertiary/aromatic N) is 1. The maximum absolute atomic E-state index is 12.5. The van der Waals surface area contributed by atoms with Gasteiger partial charge in [-0.15, -0.1) is 0 Å². The van der Waals surface area contributed by atoms with Crippen molar-refractivity contribution in [1.82, 2.24) is 4.90 Å². The van der Waals surface area contributed by atoms with Crippen LogP contribution in [0.3, 0.4) is 0 Å². The Hall–Kier alpha value is -3.63. The molecule has 38 heavy (non-hydrogen) atoms. The third-order valence-corrected chi connectivity index (χ3v) is 12.0.